The first-order valence-corrected chi connectivity index (χ1v) is 12.2. The van der Waals surface area contributed by atoms with Gasteiger partial charge in [0.05, 0.1) is 28.8 Å². The number of likely N-dealkylation sites (N-methyl/N-ethyl adjacent to an activating group) is 1. The highest BCUT2D eigenvalue weighted by molar-refractivity contribution is 7.89. The zero-order chi connectivity index (χ0) is 23.8. The van der Waals surface area contributed by atoms with Crippen LogP contribution in [0.3, 0.4) is 0 Å². The van der Waals surface area contributed by atoms with E-state index in [-0.39, 0.29) is 23.0 Å². The zero-order valence-corrected chi connectivity index (χ0v) is 19.9. The molecule has 3 rings (SSSR count). The van der Waals surface area contributed by atoms with Crippen molar-refractivity contribution < 1.29 is 22.7 Å². The molecule has 1 N–H and O–H groups in total. The largest absolute Gasteiger partial charge is 0.492 e. The third-order valence-corrected chi connectivity index (χ3v) is 6.86. The van der Waals surface area contributed by atoms with E-state index < -0.39 is 15.9 Å². The van der Waals surface area contributed by atoms with Crippen LogP contribution in [0.15, 0.2) is 77.7 Å². The molecular formula is C24H25ClN2O5S. The Morgan fingerprint density at radius 1 is 0.970 bits per heavy atom. The summed E-state index contributed by atoms with van der Waals surface area (Å²) < 4.78 is 38.5. The molecule has 33 heavy (non-hydrogen) atoms. The van der Waals surface area contributed by atoms with Crippen LogP contribution in [0.4, 0.5) is 5.69 Å². The number of carbonyl (C=O) groups is 1. The van der Waals surface area contributed by atoms with E-state index in [1.54, 1.807) is 50.2 Å². The molecule has 1 amide bonds. The Bertz CT molecular complexity index is 1200. The SMILES string of the molecule is CCOc1ccc(S(=O)(=O)N(CC)CC(=O)Nc2ccccc2Oc2ccccc2)cc1Cl. The molecule has 9 heteroatoms. The fourth-order valence-corrected chi connectivity index (χ4v) is 4.79. The highest BCUT2D eigenvalue weighted by Crippen LogP contribution is 2.30. The number of amides is 1. The van der Waals surface area contributed by atoms with Gasteiger partial charge < -0.3 is 14.8 Å². The van der Waals surface area contributed by atoms with Crippen molar-refractivity contribution in [1.82, 2.24) is 4.31 Å². The number of para-hydroxylation sites is 3. The van der Waals surface area contributed by atoms with Crippen molar-refractivity contribution in [3.8, 4) is 17.2 Å². The average Bonchev–Trinajstić information content (AvgIpc) is 2.80. The summed E-state index contributed by atoms with van der Waals surface area (Å²) in [5.74, 6) is 0.959. The lowest BCUT2D eigenvalue weighted by Gasteiger charge is -2.21. The Kier molecular flexibility index (Phi) is 8.32. The monoisotopic (exact) mass is 488 g/mol. The summed E-state index contributed by atoms with van der Waals surface area (Å²) in [6.45, 7) is 3.60. The molecular weight excluding hydrogens is 464 g/mol. The van der Waals surface area contributed by atoms with Crippen molar-refractivity contribution in [3.05, 3.63) is 77.8 Å². The Balaban J connectivity index is 1.75. The van der Waals surface area contributed by atoms with Crippen LogP contribution in [0.1, 0.15) is 13.8 Å². The summed E-state index contributed by atoms with van der Waals surface area (Å²) in [6.07, 6.45) is 0. The van der Waals surface area contributed by atoms with Gasteiger partial charge in [-0.15, -0.1) is 0 Å². The zero-order valence-electron chi connectivity index (χ0n) is 18.3. The Morgan fingerprint density at radius 3 is 2.33 bits per heavy atom. The maximum atomic E-state index is 13.1. The third kappa shape index (κ3) is 6.25. The van der Waals surface area contributed by atoms with Gasteiger partial charge in [-0.25, -0.2) is 8.42 Å². The van der Waals surface area contributed by atoms with E-state index in [9.17, 15) is 13.2 Å². The molecule has 0 saturated heterocycles. The summed E-state index contributed by atoms with van der Waals surface area (Å²) in [6, 6.07) is 20.3. The summed E-state index contributed by atoms with van der Waals surface area (Å²) in [5, 5.41) is 2.93. The second-order valence-corrected chi connectivity index (χ2v) is 9.26. The van der Waals surface area contributed by atoms with E-state index in [0.717, 1.165) is 4.31 Å². The van der Waals surface area contributed by atoms with Crippen LogP contribution >= 0.6 is 11.6 Å². The van der Waals surface area contributed by atoms with Crippen LogP contribution in [0.25, 0.3) is 0 Å². The molecule has 0 fully saturated rings. The van der Waals surface area contributed by atoms with E-state index in [1.807, 2.05) is 18.2 Å². The first-order chi connectivity index (χ1) is 15.8. The van der Waals surface area contributed by atoms with E-state index in [0.29, 0.717) is 29.5 Å². The van der Waals surface area contributed by atoms with E-state index >= 15 is 0 Å². The maximum absolute atomic E-state index is 13.1. The van der Waals surface area contributed by atoms with Gasteiger partial charge in [-0.2, -0.15) is 4.31 Å². The quantitative estimate of drug-likeness (QED) is 0.425. The van der Waals surface area contributed by atoms with Crippen molar-refractivity contribution in [2.75, 3.05) is 25.0 Å². The number of halogens is 1. The van der Waals surface area contributed by atoms with E-state index in [4.69, 9.17) is 21.1 Å². The molecule has 0 unspecified atom stereocenters. The number of hydrogen-bond donors (Lipinski definition) is 1. The fourth-order valence-electron chi connectivity index (χ4n) is 3.05. The first kappa shape index (κ1) is 24.6. The van der Waals surface area contributed by atoms with Crippen molar-refractivity contribution in [3.63, 3.8) is 0 Å². The number of carbonyl (C=O) groups excluding carboxylic acids is 1. The highest BCUT2D eigenvalue weighted by atomic mass is 35.5. The molecule has 0 radical (unpaired) electrons. The van der Waals surface area contributed by atoms with Crippen LogP contribution in [-0.2, 0) is 14.8 Å². The van der Waals surface area contributed by atoms with Gasteiger partial charge in [-0.3, -0.25) is 4.79 Å². The second kappa shape index (κ2) is 11.2. The van der Waals surface area contributed by atoms with Gasteiger partial charge in [-0.05, 0) is 49.4 Å². The molecule has 0 bridgehead atoms. The number of nitrogens with one attached hydrogen (secondary N) is 1. The number of anilines is 1. The van der Waals surface area contributed by atoms with E-state index in [2.05, 4.69) is 5.32 Å². The molecule has 3 aromatic carbocycles. The molecule has 0 spiro atoms. The summed E-state index contributed by atoms with van der Waals surface area (Å²) in [5.41, 5.74) is 0.434. The van der Waals surface area contributed by atoms with Crippen LogP contribution < -0.4 is 14.8 Å². The molecule has 0 aliphatic heterocycles. The normalized spacial score (nSPS) is 11.3. The number of rotatable bonds is 10. The molecule has 0 heterocycles. The number of ether oxygens (including phenoxy) is 2. The lowest BCUT2D eigenvalue weighted by molar-refractivity contribution is -0.116. The standard InChI is InChI=1S/C24H25ClN2O5S/c1-3-27(33(29,30)19-14-15-22(31-4-2)20(25)16-19)17-24(28)26-21-12-8-9-13-23(21)32-18-10-6-5-7-11-18/h5-16H,3-4,17H2,1-2H3,(H,26,28). The smallest absolute Gasteiger partial charge is 0.243 e. The Labute approximate surface area is 198 Å². The van der Waals surface area contributed by atoms with Crippen LogP contribution in [0, 0.1) is 0 Å². The van der Waals surface area contributed by atoms with Gasteiger partial charge in [-0.1, -0.05) is 48.9 Å². The summed E-state index contributed by atoms with van der Waals surface area (Å²) in [7, 11) is -3.95. The predicted molar refractivity (Wildman–Crippen MR) is 129 cm³/mol. The van der Waals surface area contributed by atoms with E-state index in [1.165, 1.54) is 18.2 Å². The van der Waals surface area contributed by atoms with Gasteiger partial charge in [0, 0.05) is 6.54 Å². The van der Waals surface area contributed by atoms with Gasteiger partial charge in [0.1, 0.15) is 11.5 Å². The summed E-state index contributed by atoms with van der Waals surface area (Å²) in [4.78, 5) is 12.7. The number of sulfonamides is 1. The predicted octanol–water partition coefficient (Wildman–Crippen LogP) is 5.18. The highest BCUT2D eigenvalue weighted by Gasteiger charge is 2.26. The van der Waals surface area contributed by atoms with Crippen LogP contribution in [0.2, 0.25) is 5.02 Å². The molecule has 174 valence electrons. The molecule has 3 aromatic rings. The minimum Gasteiger partial charge on any atom is -0.492 e. The van der Waals surface area contributed by atoms with Gasteiger partial charge in [0.25, 0.3) is 0 Å². The summed E-state index contributed by atoms with van der Waals surface area (Å²) >= 11 is 6.16. The molecule has 0 aliphatic carbocycles. The topological polar surface area (TPSA) is 84.9 Å². The Morgan fingerprint density at radius 2 is 1.67 bits per heavy atom. The molecule has 0 saturated carbocycles. The minimum absolute atomic E-state index is 0.0154. The lowest BCUT2D eigenvalue weighted by atomic mass is 10.3. The Hall–Kier alpha value is -3.07. The third-order valence-electron chi connectivity index (χ3n) is 4.65. The van der Waals surface area contributed by atoms with Crippen LogP contribution in [0.5, 0.6) is 17.2 Å². The number of hydrogen-bond acceptors (Lipinski definition) is 5. The van der Waals surface area contributed by atoms with Crippen molar-refractivity contribution >= 4 is 33.2 Å². The average molecular weight is 489 g/mol. The van der Waals surface area contributed by atoms with Crippen molar-refractivity contribution in [2.45, 2.75) is 18.7 Å². The van der Waals surface area contributed by atoms with Crippen molar-refractivity contribution in [2.24, 2.45) is 0 Å². The molecule has 0 atom stereocenters. The molecule has 0 aromatic heterocycles. The molecule has 7 nitrogen and oxygen atoms in total. The molecule has 0 aliphatic rings. The van der Waals surface area contributed by atoms with Crippen molar-refractivity contribution in [1.29, 1.82) is 0 Å². The van der Waals surface area contributed by atoms with Gasteiger partial charge >= 0.3 is 0 Å². The fraction of sp³-hybridized carbons (Fsp3) is 0.208. The van der Waals surface area contributed by atoms with Gasteiger partial charge in [0.15, 0.2) is 5.75 Å². The van der Waals surface area contributed by atoms with Crippen LogP contribution in [-0.4, -0.2) is 38.3 Å². The first-order valence-electron chi connectivity index (χ1n) is 10.4. The second-order valence-electron chi connectivity index (χ2n) is 6.92. The minimum atomic E-state index is -3.95. The maximum Gasteiger partial charge on any atom is 0.243 e. The van der Waals surface area contributed by atoms with Gasteiger partial charge in [0.2, 0.25) is 15.9 Å². The lowest BCUT2D eigenvalue weighted by Crippen LogP contribution is -2.37. The number of benzene rings is 3. The number of nitrogens with zero attached hydrogens (tertiary/aromatic N) is 1.